The number of hydrogen-bond acceptors (Lipinski definition) is 6. The second kappa shape index (κ2) is 5.48. The SMILES string of the molecule is NN(c1ccccc1)c1ccc([N+](=O)[O-])cc1S(=O)(=O)O. The zero-order valence-electron chi connectivity index (χ0n) is 10.6. The minimum atomic E-state index is -4.67. The quantitative estimate of drug-likeness (QED) is 0.382. The van der Waals surface area contributed by atoms with E-state index in [1.54, 1.807) is 30.3 Å². The fourth-order valence-electron chi connectivity index (χ4n) is 1.75. The number of nitrogens with zero attached hydrogens (tertiary/aromatic N) is 2. The lowest BCUT2D eigenvalue weighted by Crippen LogP contribution is -2.26. The van der Waals surface area contributed by atoms with Crippen molar-refractivity contribution in [2.24, 2.45) is 5.84 Å². The minimum Gasteiger partial charge on any atom is -0.282 e. The van der Waals surface area contributed by atoms with E-state index in [2.05, 4.69) is 0 Å². The van der Waals surface area contributed by atoms with E-state index in [9.17, 15) is 23.1 Å². The second-order valence-corrected chi connectivity index (χ2v) is 5.48. The van der Waals surface area contributed by atoms with Crippen LogP contribution >= 0.6 is 0 Å². The molecule has 0 saturated heterocycles. The standard InChI is InChI=1S/C12H11N3O5S/c13-14(9-4-2-1-3-5-9)11-7-6-10(15(16)17)8-12(11)21(18,19)20/h1-8H,13H2,(H,18,19,20). The molecule has 0 saturated carbocycles. The molecule has 0 spiro atoms. The summed E-state index contributed by atoms with van der Waals surface area (Å²) in [6.07, 6.45) is 0. The maximum atomic E-state index is 11.4. The molecule has 0 aromatic heterocycles. The summed E-state index contributed by atoms with van der Waals surface area (Å²) in [4.78, 5) is 9.32. The number of nitro groups is 1. The molecule has 0 aliphatic carbocycles. The molecule has 0 fully saturated rings. The van der Waals surface area contributed by atoms with Crippen molar-refractivity contribution in [2.75, 3.05) is 5.01 Å². The van der Waals surface area contributed by atoms with Crippen LogP contribution in [-0.4, -0.2) is 17.9 Å². The van der Waals surface area contributed by atoms with Crippen LogP contribution in [0.4, 0.5) is 17.1 Å². The number of hydrogen-bond donors (Lipinski definition) is 2. The van der Waals surface area contributed by atoms with Gasteiger partial charge in [0.25, 0.3) is 15.8 Å². The number of hydrazine groups is 1. The molecule has 0 radical (unpaired) electrons. The smallest absolute Gasteiger partial charge is 0.282 e. The minimum absolute atomic E-state index is 0.0747. The van der Waals surface area contributed by atoms with Crippen molar-refractivity contribution >= 4 is 27.2 Å². The third kappa shape index (κ3) is 3.16. The lowest BCUT2D eigenvalue weighted by molar-refractivity contribution is -0.385. The number of para-hydroxylation sites is 1. The van der Waals surface area contributed by atoms with Gasteiger partial charge < -0.3 is 0 Å². The lowest BCUT2D eigenvalue weighted by atomic mass is 10.2. The van der Waals surface area contributed by atoms with E-state index < -0.39 is 25.6 Å². The van der Waals surface area contributed by atoms with E-state index >= 15 is 0 Å². The molecular weight excluding hydrogens is 298 g/mol. The topological polar surface area (TPSA) is 127 Å². The third-order valence-corrected chi connectivity index (χ3v) is 3.61. The second-order valence-electron chi connectivity index (χ2n) is 4.09. The van der Waals surface area contributed by atoms with Gasteiger partial charge in [0, 0.05) is 12.1 Å². The van der Waals surface area contributed by atoms with Crippen LogP contribution in [0.1, 0.15) is 0 Å². The molecule has 0 amide bonds. The molecule has 110 valence electrons. The highest BCUT2D eigenvalue weighted by Crippen LogP contribution is 2.31. The Bertz CT molecular complexity index is 777. The predicted molar refractivity (Wildman–Crippen MR) is 75.7 cm³/mol. The summed E-state index contributed by atoms with van der Waals surface area (Å²) in [7, 11) is -4.67. The highest BCUT2D eigenvalue weighted by atomic mass is 32.2. The van der Waals surface area contributed by atoms with Gasteiger partial charge in [-0.3, -0.25) is 19.7 Å². The van der Waals surface area contributed by atoms with Gasteiger partial charge in [-0.25, -0.2) is 5.84 Å². The zero-order chi connectivity index (χ0) is 15.6. The van der Waals surface area contributed by atoms with Gasteiger partial charge >= 0.3 is 0 Å². The van der Waals surface area contributed by atoms with Crippen molar-refractivity contribution in [2.45, 2.75) is 4.90 Å². The molecule has 8 nitrogen and oxygen atoms in total. The van der Waals surface area contributed by atoms with Crippen LogP contribution < -0.4 is 10.9 Å². The predicted octanol–water partition coefficient (Wildman–Crippen LogP) is 1.85. The van der Waals surface area contributed by atoms with Gasteiger partial charge in [-0.15, -0.1) is 0 Å². The number of anilines is 2. The molecule has 3 N–H and O–H groups in total. The maximum absolute atomic E-state index is 11.4. The van der Waals surface area contributed by atoms with E-state index in [4.69, 9.17) is 5.84 Å². The first kappa shape index (κ1) is 14.9. The maximum Gasteiger partial charge on any atom is 0.296 e. The monoisotopic (exact) mass is 309 g/mol. The number of non-ortho nitro benzene ring substituents is 1. The Morgan fingerprint density at radius 3 is 2.29 bits per heavy atom. The molecule has 0 aliphatic rings. The van der Waals surface area contributed by atoms with Crippen LogP contribution in [0.2, 0.25) is 0 Å². The fraction of sp³-hybridized carbons (Fsp3) is 0. The van der Waals surface area contributed by atoms with E-state index in [1.165, 1.54) is 0 Å². The lowest BCUT2D eigenvalue weighted by Gasteiger charge is -2.20. The fourth-order valence-corrected chi connectivity index (χ4v) is 2.45. The molecule has 2 aromatic rings. The summed E-state index contributed by atoms with van der Waals surface area (Å²) in [5, 5.41) is 11.7. The first-order valence-corrected chi connectivity index (χ1v) is 7.10. The first-order chi connectivity index (χ1) is 9.80. The van der Waals surface area contributed by atoms with Gasteiger partial charge in [-0.2, -0.15) is 8.42 Å². The van der Waals surface area contributed by atoms with Crippen LogP contribution in [0.5, 0.6) is 0 Å². The average Bonchev–Trinajstić information content (AvgIpc) is 2.46. The Balaban J connectivity index is 2.61. The summed E-state index contributed by atoms with van der Waals surface area (Å²) >= 11 is 0. The van der Waals surface area contributed by atoms with Crippen molar-refractivity contribution in [3.63, 3.8) is 0 Å². The third-order valence-electron chi connectivity index (χ3n) is 2.73. The molecule has 9 heteroatoms. The van der Waals surface area contributed by atoms with E-state index in [-0.39, 0.29) is 5.69 Å². The van der Waals surface area contributed by atoms with E-state index in [0.29, 0.717) is 5.69 Å². The summed E-state index contributed by atoms with van der Waals surface area (Å²) in [6.45, 7) is 0. The van der Waals surface area contributed by atoms with Gasteiger partial charge in [0.15, 0.2) is 0 Å². The Morgan fingerprint density at radius 2 is 1.76 bits per heavy atom. The van der Waals surface area contributed by atoms with Crippen molar-refractivity contribution in [1.82, 2.24) is 0 Å². The van der Waals surface area contributed by atoms with Gasteiger partial charge in [-0.05, 0) is 18.2 Å². The summed E-state index contributed by atoms with van der Waals surface area (Å²) < 4.78 is 32.1. The summed E-state index contributed by atoms with van der Waals surface area (Å²) in [6, 6.07) is 11.4. The molecule has 0 bridgehead atoms. The molecule has 0 atom stereocenters. The van der Waals surface area contributed by atoms with Crippen molar-refractivity contribution in [1.29, 1.82) is 0 Å². The van der Waals surface area contributed by atoms with Gasteiger partial charge in [0.2, 0.25) is 0 Å². The van der Waals surface area contributed by atoms with Crippen LogP contribution in [0.15, 0.2) is 53.4 Å². The largest absolute Gasteiger partial charge is 0.296 e. The van der Waals surface area contributed by atoms with Crippen LogP contribution in [0.25, 0.3) is 0 Å². The molecule has 0 heterocycles. The van der Waals surface area contributed by atoms with Gasteiger partial charge in [-0.1, -0.05) is 18.2 Å². The van der Waals surface area contributed by atoms with E-state index in [1.807, 2.05) is 0 Å². The molecule has 2 aromatic carbocycles. The van der Waals surface area contributed by atoms with Crippen molar-refractivity contribution in [3.8, 4) is 0 Å². The molecule has 0 aliphatic heterocycles. The van der Waals surface area contributed by atoms with Crippen molar-refractivity contribution < 1.29 is 17.9 Å². The Kier molecular flexibility index (Phi) is 3.89. The number of nitro benzene ring substituents is 1. The van der Waals surface area contributed by atoms with Crippen LogP contribution in [0.3, 0.4) is 0 Å². The zero-order valence-corrected chi connectivity index (χ0v) is 11.4. The van der Waals surface area contributed by atoms with Crippen molar-refractivity contribution in [3.05, 3.63) is 58.6 Å². The normalized spacial score (nSPS) is 11.1. The first-order valence-electron chi connectivity index (χ1n) is 5.66. The van der Waals surface area contributed by atoms with E-state index in [0.717, 1.165) is 23.2 Å². The average molecular weight is 309 g/mol. The highest BCUT2D eigenvalue weighted by molar-refractivity contribution is 7.86. The molecule has 21 heavy (non-hydrogen) atoms. The molecule has 0 unspecified atom stereocenters. The highest BCUT2D eigenvalue weighted by Gasteiger charge is 2.23. The number of benzene rings is 2. The van der Waals surface area contributed by atoms with Crippen LogP contribution in [0, 0.1) is 10.1 Å². The molecule has 2 rings (SSSR count). The number of rotatable bonds is 4. The molecular formula is C12H11N3O5S. The summed E-state index contributed by atoms with van der Waals surface area (Å²) in [5.74, 6) is 5.83. The van der Waals surface area contributed by atoms with Gasteiger partial charge in [0.05, 0.1) is 16.3 Å². The summed E-state index contributed by atoms with van der Waals surface area (Å²) in [5.41, 5.74) is -0.0848. The number of nitrogens with two attached hydrogens (primary N) is 1. The Labute approximate surface area is 120 Å². The van der Waals surface area contributed by atoms with Crippen LogP contribution in [-0.2, 0) is 10.1 Å². The van der Waals surface area contributed by atoms with Gasteiger partial charge in [0.1, 0.15) is 4.90 Å². The Morgan fingerprint density at radius 1 is 1.14 bits per heavy atom. The Hall–Kier alpha value is -2.49.